The number of anilines is 1. The highest BCUT2D eigenvalue weighted by Crippen LogP contribution is 2.13. The lowest BCUT2D eigenvalue weighted by Gasteiger charge is -2.17. The monoisotopic (exact) mass is 147 g/mol. The fourth-order valence-electron chi connectivity index (χ4n) is 0.939. The summed E-state index contributed by atoms with van der Waals surface area (Å²) in [4.78, 5) is 0. The predicted octanol–water partition coefficient (Wildman–Crippen LogP) is 1.97. The van der Waals surface area contributed by atoms with E-state index in [-0.39, 0.29) is 0 Å². The molecule has 1 aliphatic heterocycles. The van der Waals surface area contributed by atoms with E-state index in [4.69, 9.17) is 4.74 Å². The largest absolute Gasteiger partial charge is 0.493 e. The molecule has 0 spiro atoms. The molecule has 2 rings (SSSR count). The molecule has 2 heteroatoms. The molecule has 1 heterocycles. The molecule has 56 valence electrons. The van der Waals surface area contributed by atoms with Gasteiger partial charge in [-0.3, -0.25) is 0 Å². The standard InChI is InChI=1S/C9H9NO/c1-2-4-8(5-3-1)10-9-6-11-7-9/h1-6,10H,7H2. The zero-order valence-corrected chi connectivity index (χ0v) is 6.08. The molecule has 1 aromatic rings. The second kappa shape index (κ2) is 2.66. The fraction of sp³-hybridized carbons (Fsp3) is 0.111. The van der Waals surface area contributed by atoms with E-state index in [9.17, 15) is 0 Å². The number of hydrogen-bond acceptors (Lipinski definition) is 2. The second-order valence-electron chi connectivity index (χ2n) is 2.45. The number of rotatable bonds is 2. The molecule has 2 nitrogen and oxygen atoms in total. The van der Waals surface area contributed by atoms with Crippen LogP contribution in [0.3, 0.4) is 0 Å². The van der Waals surface area contributed by atoms with Crippen LogP contribution in [0.1, 0.15) is 0 Å². The van der Waals surface area contributed by atoms with Gasteiger partial charge in [-0.05, 0) is 12.1 Å². The summed E-state index contributed by atoms with van der Waals surface area (Å²) in [5, 5.41) is 3.21. The first-order valence-electron chi connectivity index (χ1n) is 3.58. The zero-order valence-electron chi connectivity index (χ0n) is 6.08. The molecule has 0 atom stereocenters. The van der Waals surface area contributed by atoms with Gasteiger partial charge in [-0.15, -0.1) is 0 Å². The van der Waals surface area contributed by atoms with E-state index >= 15 is 0 Å². The highest BCUT2D eigenvalue weighted by Gasteiger charge is 2.05. The van der Waals surface area contributed by atoms with Gasteiger partial charge in [-0.1, -0.05) is 18.2 Å². The lowest BCUT2D eigenvalue weighted by atomic mass is 10.3. The van der Waals surface area contributed by atoms with Crippen LogP contribution < -0.4 is 5.32 Å². The van der Waals surface area contributed by atoms with Crippen LogP contribution in [0, 0.1) is 0 Å². The van der Waals surface area contributed by atoms with Gasteiger partial charge in [0, 0.05) is 5.69 Å². The van der Waals surface area contributed by atoms with Gasteiger partial charge in [-0.2, -0.15) is 0 Å². The van der Waals surface area contributed by atoms with E-state index in [1.54, 1.807) is 6.26 Å². The van der Waals surface area contributed by atoms with E-state index < -0.39 is 0 Å². The molecular formula is C9H9NO. The lowest BCUT2D eigenvalue weighted by molar-refractivity contribution is 0.226. The van der Waals surface area contributed by atoms with Crippen LogP contribution >= 0.6 is 0 Å². The Bertz CT molecular complexity index is 266. The molecule has 0 bridgehead atoms. The third kappa shape index (κ3) is 1.34. The fourth-order valence-corrected chi connectivity index (χ4v) is 0.939. The van der Waals surface area contributed by atoms with Gasteiger partial charge >= 0.3 is 0 Å². The Morgan fingerprint density at radius 1 is 1.18 bits per heavy atom. The first-order valence-corrected chi connectivity index (χ1v) is 3.58. The smallest absolute Gasteiger partial charge is 0.130 e. The molecule has 1 N–H and O–H groups in total. The van der Waals surface area contributed by atoms with Crippen molar-refractivity contribution < 1.29 is 4.74 Å². The molecule has 0 aliphatic carbocycles. The summed E-state index contributed by atoms with van der Waals surface area (Å²) in [6, 6.07) is 10.1. The van der Waals surface area contributed by atoms with Gasteiger partial charge < -0.3 is 10.1 Å². The van der Waals surface area contributed by atoms with Crippen molar-refractivity contribution in [2.75, 3.05) is 11.9 Å². The molecule has 0 fully saturated rings. The third-order valence-electron chi connectivity index (χ3n) is 1.54. The van der Waals surface area contributed by atoms with Crippen LogP contribution in [0.4, 0.5) is 5.69 Å². The Kier molecular flexibility index (Phi) is 1.52. The average Bonchev–Trinajstić information content (AvgIpc) is 1.99. The zero-order chi connectivity index (χ0) is 7.52. The topological polar surface area (TPSA) is 21.3 Å². The molecule has 0 amide bonds. The minimum absolute atomic E-state index is 0.703. The second-order valence-corrected chi connectivity index (χ2v) is 2.45. The van der Waals surface area contributed by atoms with Gasteiger partial charge in [0.05, 0.1) is 5.70 Å². The summed E-state index contributed by atoms with van der Waals surface area (Å²) in [5.41, 5.74) is 2.25. The van der Waals surface area contributed by atoms with Gasteiger partial charge in [0.15, 0.2) is 0 Å². The first-order chi connectivity index (χ1) is 5.45. The number of para-hydroxylation sites is 1. The Morgan fingerprint density at radius 2 is 1.91 bits per heavy atom. The van der Waals surface area contributed by atoms with Crippen molar-refractivity contribution >= 4 is 5.69 Å². The maximum absolute atomic E-state index is 4.88. The summed E-state index contributed by atoms with van der Waals surface area (Å²) in [7, 11) is 0. The number of benzene rings is 1. The van der Waals surface area contributed by atoms with E-state index in [0.717, 1.165) is 11.4 Å². The van der Waals surface area contributed by atoms with Gasteiger partial charge in [-0.25, -0.2) is 0 Å². The Labute approximate surface area is 65.5 Å². The van der Waals surface area contributed by atoms with Gasteiger partial charge in [0.25, 0.3) is 0 Å². The molecule has 0 radical (unpaired) electrons. The Hall–Kier alpha value is -1.44. The van der Waals surface area contributed by atoms with Crippen molar-refractivity contribution in [1.29, 1.82) is 0 Å². The first kappa shape index (κ1) is 6.28. The number of hydrogen-bond donors (Lipinski definition) is 1. The quantitative estimate of drug-likeness (QED) is 0.690. The number of ether oxygens (including phenoxy) is 1. The van der Waals surface area contributed by atoms with E-state index in [2.05, 4.69) is 5.32 Å². The summed E-state index contributed by atoms with van der Waals surface area (Å²) in [6.07, 6.45) is 1.73. The average molecular weight is 147 g/mol. The van der Waals surface area contributed by atoms with Crippen molar-refractivity contribution in [3.05, 3.63) is 42.3 Å². The van der Waals surface area contributed by atoms with Crippen LogP contribution in [-0.4, -0.2) is 6.61 Å². The normalized spacial score (nSPS) is 14.4. The van der Waals surface area contributed by atoms with Crippen molar-refractivity contribution in [2.45, 2.75) is 0 Å². The molecule has 1 aliphatic rings. The van der Waals surface area contributed by atoms with Crippen LogP contribution in [0.15, 0.2) is 42.3 Å². The Balaban J connectivity index is 2.07. The highest BCUT2D eigenvalue weighted by molar-refractivity contribution is 5.48. The molecular weight excluding hydrogens is 138 g/mol. The van der Waals surface area contributed by atoms with E-state index in [1.807, 2.05) is 30.3 Å². The minimum atomic E-state index is 0.703. The van der Waals surface area contributed by atoms with Crippen LogP contribution in [0.5, 0.6) is 0 Å². The molecule has 0 unspecified atom stereocenters. The highest BCUT2D eigenvalue weighted by atomic mass is 16.5. The van der Waals surface area contributed by atoms with E-state index in [1.165, 1.54) is 0 Å². The summed E-state index contributed by atoms with van der Waals surface area (Å²) in [5.74, 6) is 0. The predicted molar refractivity (Wildman–Crippen MR) is 44.1 cm³/mol. The summed E-state index contributed by atoms with van der Waals surface area (Å²) in [6.45, 7) is 0.703. The summed E-state index contributed by atoms with van der Waals surface area (Å²) >= 11 is 0. The maximum Gasteiger partial charge on any atom is 0.130 e. The van der Waals surface area contributed by atoms with Crippen molar-refractivity contribution in [1.82, 2.24) is 0 Å². The van der Waals surface area contributed by atoms with Crippen molar-refractivity contribution in [2.24, 2.45) is 0 Å². The molecule has 1 aromatic carbocycles. The van der Waals surface area contributed by atoms with Gasteiger partial charge in [0.2, 0.25) is 0 Å². The number of nitrogens with one attached hydrogen (secondary N) is 1. The van der Waals surface area contributed by atoms with Crippen molar-refractivity contribution in [3.63, 3.8) is 0 Å². The Morgan fingerprint density at radius 3 is 2.45 bits per heavy atom. The third-order valence-corrected chi connectivity index (χ3v) is 1.54. The summed E-state index contributed by atoms with van der Waals surface area (Å²) < 4.78 is 4.88. The van der Waals surface area contributed by atoms with Crippen molar-refractivity contribution in [3.8, 4) is 0 Å². The maximum atomic E-state index is 4.88. The molecule has 0 saturated heterocycles. The molecule has 0 aromatic heterocycles. The molecule has 0 saturated carbocycles. The minimum Gasteiger partial charge on any atom is -0.493 e. The van der Waals surface area contributed by atoms with Crippen LogP contribution in [0.25, 0.3) is 0 Å². The van der Waals surface area contributed by atoms with Crippen LogP contribution in [0.2, 0.25) is 0 Å². The van der Waals surface area contributed by atoms with Gasteiger partial charge in [0.1, 0.15) is 12.9 Å². The van der Waals surface area contributed by atoms with E-state index in [0.29, 0.717) is 6.61 Å². The molecule has 11 heavy (non-hydrogen) atoms. The lowest BCUT2D eigenvalue weighted by Crippen LogP contribution is -2.13. The SMILES string of the molecule is C1=C(Nc2ccccc2)CO1. The van der Waals surface area contributed by atoms with Crippen LogP contribution in [-0.2, 0) is 4.74 Å².